The van der Waals surface area contributed by atoms with Gasteiger partial charge in [0.1, 0.15) is 17.4 Å². The van der Waals surface area contributed by atoms with Gasteiger partial charge in [-0.2, -0.15) is 0 Å². The van der Waals surface area contributed by atoms with Gasteiger partial charge < -0.3 is 20.3 Å². The van der Waals surface area contributed by atoms with Gasteiger partial charge in [0, 0.05) is 6.42 Å². The van der Waals surface area contributed by atoms with Crippen molar-refractivity contribution >= 4 is 12.1 Å². The van der Waals surface area contributed by atoms with Crippen molar-refractivity contribution in [3.8, 4) is 5.75 Å². The van der Waals surface area contributed by atoms with Gasteiger partial charge in [-0.1, -0.05) is 12.1 Å². The molecule has 6 heteroatoms. The van der Waals surface area contributed by atoms with Crippen LogP contribution in [0.3, 0.4) is 0 Å². The Labute approximate surface area is 123 Å². The highest BCUT2D eigenvalue weighted by atomic mass is 16.6. The molecule has 0 spiro atoms. The van der Waals surface area contributed by atoms with Gasteiger partial charge in [0.15, 0.2) is 0 Å². The van der Waals surface area contributed by atoms with Crippen molar-refractivity contribution in [3.63, 3.8) is 0 Å². The molecule has 1 rings (SSSR count). The lowest BCUT2D eigenvalue weighted by Crippen LogP contribution is -2.44. The van der Waals surface area contributed by atoms with E-state index in [0.717, 1.165) is 5.56 Å². The average molecular weight is 295 g/mol. The monoisotopic (exact) mass is 295 g/mol. The number of aliphatic carboxylic acids is 1. The van der Waals surface area contributed by atoms with E-state index >= 15 is 0 Å². The number of carboxylic acids is 1. The number of rotatable bonds is 4. The zero-order valence-electron chi connectivity index (χ0n) is 12.6. The minimum atomic E-state index is -1.19. The standard InChI is InChI=1S/C15H21NO5/c1-9-5-6-10(12(17)7-9)8-11(13(18)19)16-14(20)21-15(2,3)4/h5-7,11,17H,8H2,1-4H3,(H,16,20)(H,18,19)/t11-/m0/s1. The Hall–Kier alpha value is -2.24. The maximum atomic E-state index is 11.6. The van der Waals surface area contributed by atoms with Crippen molar-refractivity contribution in [1.29, 1.82) is 0 Å². The number of hydrogen-bond donors (Lipinski definition) is 3. The average Bonchev–Trinajstić information content (AvgIpc) is 2.28. The summed E-state index contributed by atoms with van der Waals surface area (Å²) >= 11 is 0. The molecule has 6 nitrogen and oxygen atoms in total. The number of hydrogen-bond acceptors (Lipinski definition) is 4. The van der Waals surface area contributed by atoms with Crippen molar-refractivity contribution in [2.75, 3.05) is 0 Å². The van der Waals surface area contributed by atoms with Crippen molar-refractivity contribution in [3.05, 3.63) is 29.3 Å². The fourth-order valence-electron chi connectivity index (χ4n) is 1.72. The number of aryl methyl sites for hydroxylation is 1. The maximum absolute atomic E-state index is 11.6. The number of amides is 1. The summed E-state index contributed by atoms with van der Waals surface area (Å²) in [7, 11) is 0. The van der Waals surface area contributed by atoms with Crippen LogP contribution in [0.15, 0.2) is 18.2 Å². The van der Waals surface area contributed by atoms with E-state index in [1.54, 1.807) is 39.0 Å². The number of carbonyl (C=O) groups is 2. The first kappa shape index (κ1) is 16.8. The molecule has 0 aromatic heterocycles. The van der Waals surface area contributed by atoms with E-state index in [4.69, 9.17) is 4.74 Å². The maximum Gasteiger partial charge on any atom is 0.408 e. The highest BCUT2D eigenvalue weighted by Crippen LogP contribution is 2.20. The number of aromatic hydroxyl groups is 1. The van der Waals surface area contributed by atoms with Gasteiger partial charge in [-0.05, 0) is 44.9 Å². The van der Waals surface area contributed by atoms with Crippen LogP contribution in [0.4, 0.5) is 4.79 Å². The third-order valence-corrected chi connectivity index (χ3v) is 2.65. The molecule has 1 aromatic carbocycles. The smallest absolute Gasteiger partial charge is 0.408 e. The third-order valence-electron chi connectivity index (χ3n) is 2.65. The van der Waals surface area contributed by atoms with E-state index < -0.39 is 23.7 Å². The Kier molecular flexibility index (Phi) is 5.18. The summed E-state index contributed by atoms with van der Waals surface area (Å²) in [5.74, 6) is -1.19. The van der Waals surface area contributed by atoms with E-state index in [-0.39, 0.29) is 12.2 Å². The lowest BCUT2D eigenvalue weighted by atomic mass is 10.0. The highest BCUT2D eigenvalue weighted by Gasteiger charge is 2.25. The Morgan fingerprint density at radius 1 is 1.33 bits per heavy atom. The molecule has 3 N–H and O–H groups in total. The van der Waals surface area contributed by atoms with Crippen LogP contribution in [0.1, 0.15) is 31.9 Å². The van der Waals surface area contributed by atoms with Crippen LogP contribution in [0, 0.1) is 6.92 Å². The van der Waals surface area contributed by atoms with Gasteiger partial charge in [-0.15, -0.1) is 0 Å². The number of carboxylic acid groups (broad SMARTS) is 1. The van der Waals surface area contributed by atoms with Crippen LogP contribution in [0.2, 0.25) is 0 Å². The molecule has 0 radical (unpaired) electrons. The SMILES string of the molecule is Cc1ccc(C[C@H](NC(=O)OC(C)(C)C)C(=O)O)c(O)c1. The lowest BCUT2D eigenvalue weighted by Gasteiger charge is -2.22. The first-order chi connectivity index (χ1) is 9.58. The summed E-state index contributed by atoms with van der Waals surface area (Å²) < 4.78 is 5.03. The Morgan fingerprint density at radius 3 is 2.43 bits per heavy atom. The predicted octanol–water partition coefficient (Wildman–Crippen LogP) is 2.22. The molecule has 0 heterocycles. The molecule has 0 saturated carbocycles. The second-order valence-corrected chi connectivity index (χ2v) is 5.87. The van der Waals surface area contributed by atoms with Crippen molar-refractivity contribution in [2.45, 2.75) is 45.8 Å². The minimum Gasteiger partial charge on any atom is -0.508 e. The van der Waals surface area contributed by atoms with Gasteiger partial charge >= 0.3 is 12.1 Å². The molecular formula is C15H21NO5. The number of ether oxygens (including phenoxy) is 1. The number of phenols is 1. The molecule has 1 aromatic rings. The van der Waals surface area contributed by atoms with Crippen LogP contribution >= 0.6 is 0 Å². The van der Waals surface area contributed by atoms with Gasteiger partial charge in [0.05, 0.1) is 0 Å². The quantitative estimate of drug-likeness (QED) is 0.791. The van der Waals surface area contributed by atoms with Gasteiger partial charge in [-0.3, -0.25) is 0 Å². The number of phenolic OH excluding ortho intramolecular Hbond substituents is 1. The lowest BCUT2D eigenvalue weighted by molar-refractivity contribution is -0.139. The molecule has 0 fully saturated rings. The molecule has 0 unspecified atom stereocenters. The molecule has 0 aliphatic heterocycles. The number of alkyl carbamates (subject to hydrolysis) is 1. The summed E-state index contributed by atoms with van der Waals surface area (Å²) in [6.45, 7) is 6.88. The summed E-state index contributed by atoms with van der Waals surface area (Å²) in [6.07, 6.45) is -0.831. The molecule has 21 heavy (non-hydrogen) atoms. The van der Waals surface area contributed by atoms with Gasteiger partial charge in [0.25, 0.3) is 0 Å². The van der Waals surface area contributed by atoms with Crippen LogP contribution in [-0.4, -0.2) is 33.9 Å². The Bertz CT molecular complexity index is 533. The minimum absolute atomic E-state index is 0.00670. The largest absolute Gasteiger partial charge is 0.508 e. The first-order valence-electron chi connectivity index (χ1n) is 6.59. The zero-order valence-corrected chi connectivity index (χ0v) is 12.6. The van der Waals surface area contributed by atoms with E-state index in [9.17, 15) is 19.8 Å². The normalized spacial score (nSPS) is 12.6. The summed E-state index contributed by atoms with van der Waals surface area (Å²) in [6, 6.07) is 3.77. The van der Waals surface area contributed by atoms with Crippen molar-refractivity contribution in [1.82, 2.24) is 5.32 Å². The fourth-order valence-corrected chi connectivity index (χ4v) is 1.72. The highest BCUT2D eigenvalue weighted by molar-refractivity contribution is 5.80. The van der Waals surface area contributed by atoms with Gasteiger partial charge in [0.2, 0.25) is 0 Å². The number of benzene rings is 1. The molecule has 1 amide bonds. The first-order valence-corrected chi connectivity index (χ1v) is 6.59. The van der Waals surface area contributed by atoms with E-state index in [1.807, 2.05) is 6.92 Å². The molecule has 0 aliphatic rings. The molecule has 0 bridgehead atoms. The Balaban J connectivity index is 2.79. The molecule has 0 aliphatic carbocycles. The number of carbonyl (C=O) groups excluding carboxylic acids is 1. The zero-order chi connectivity index (χ0) is 16.2. The molecule has 1 atom stereocenters. The number of nitrogens with one attached hydrogen (secondary N) is 1. The van der Waals surface area contributed by atoms with Crippen LogP contribution < -0.4 is 5.32 Å². The Morgan fingerprint density at radius 2 is 1.95 bits per heavy atom. The second kappa shape index (κ2) is 6.47. The van der Waals surface area contributed by atoms with Crippen LogP contribution in [0.5, 0.6) is 5.75 Å². The van der Waals surface area contributed by atoms with Crippen molar-refractivity contribution < 1.29 is 24.5 Å². The van der Waals surface area contributed by atoms with Crippen molar-refractivity contribution in [2.24, 2.45) is 0 Å². The molecular weight excluding hydrogens is 274 g/mol. The van der Waals surface area contributed by atoms with E-state index in [1.165, 1.54) is 0 Å². The third kappa shape index (κ3) is 5.72. The second-order valence-electron chi connectivity index (χ2n) is 5.87. The summed E-state index contributed by atoms with van der Waals surface area (Å²) in [5, 5.41) is 21.3. The van der Waals surface area contributed by atoms with E-state index in [0.29, 0.717) is 5.56 Å². The van der Waals surface area contributed by atoms with Gasteiger partial charge in [-0.25, -0.2) is 9.59 Å². The van der Waals surface area contributed by atoms with Crippen LogP contribution in [-0.2, 0) is 16.0 Å². The van der Waals surface area contributed by atoms with Crippen LogP contribution in [0.25, 0.3) is 0 Å². The summed E-state index contributed by atoms with van der Waals surface area (Å²) in [4.78, 5) is 22.9. The topological polar surface area (TPSA) is 95.9 Å². The molecule has 0 saturated heterocycles. The summed E-state index contributed by atoms with van der Waals surface area (Å²) in [5.41, 5.74) is 0.603. The fraction of sp³-hybridized carbons (Fsp3) is 0.467. The van der Waals surface area contributed by atoms with E-state index in [2.05, 4.69) is 5.32 Å². The molecule has 116 valence electrons. The predicted molar refractivity (Wildman–Crippen MR) is 77.3 cm³/mol.